The Labute approximate surface area is 267 Å². The lowest BCUT2D eigenvalue weighted by Gasteiger charge is -2.34. The lowest BCUT2D eigenvalue weighted by molar-refractivity contribution is -0.124. The maximum Gasteiger partial charge on any atom is 0.260 e. The zero-order chi connectivity index (χ0) is 30.5. The Morgan fingerprint density at radius 3 is 2.21 bits per heavy atom. The molecule has 0 radical (unpaired) electrons. The van der Waals surface area contributed by atoms with Crippen molar-refractivity contribution >= 4 is 72.6 Å². The van der Waals surface area contributed by atoms with E-state index in [9.17, 15) is 18.0 Å². The van der Waals surface area contributed by atoms with Crippen molar-refractivity contribution in [2.75, 3.05) is 31.1 Å². The minimum absolute atomic E-state index is 0.103. The van der Waals surface area contributed by atoms with E-state index in [0.29, 0.717) is 21.3 Å². The van der Waals surface area contributed by atoms with Gasteiger partial charge >= 0.3 is 0 Å². The molecule has 4 aromatic rings. The Hall–Kier alpha value is -3.22. The van der Waals surface area contributed by atoms with Crippen LogP contribution in [0.1, 0.15) is 22.8 Å². The number of hydrogen-bond donors (Lipinski definition) is 0. The number of carbonyl (C=O) groups is 2. The number of halogens is 3. The van der Waals surface area contributed by atoms with Crippen molar-refractivity contribution in [2.45, 2.75) is 23.9 Å². The van der Waals surface area contributed by atoms with Crippen molar-refractivity contribution in [1.82, 2.24) is 18.8 Å². The molecule has 0 bridgehead atoms. The van der Waals surface area contributed by atoms with Crippen LogP contribution in [0.15, 0.2) is 88.5 Å². The number of fused-ring (bicyclic) bond motifs is 1. The molecule has 3 heterocycles. The predicted octanol–water partition coefficient (Wildman–Crippen LogP) is 5.74. The van der Waals surface area contributed by atoms with Gasteiger partial charge in [0, 0.05) is 52.7 Å². The summed E-state index contributed by atoms with van der Waals surface area (Å²) in [5.74, 6) is -0.364. The number of amides is 2. The van der Waals surface area contributed by atoms with Gasteiger partial charge in [0.1, 0.15) is 5.54 Å². The molecule has 0 spiro atoms. The monoisotopic (exact) mass is 701 g/mol. The van der Waals surface area contributed by atoms with Gasteiger partial charge in [0.15, 0.2) is 5.03 Å². The van der Waals surface area contributed by atoms with E-state index in [0.717, 1.165) is 10.0 Å². The van der Waals surface area contributed by atoms with Gasteiger partial charge in [0.25, 0.3) is 21.8 Å². The molecule has 43 heavy (non-hydrogen) atoms. The van der Waals surface area contributed by atoms with Crippen LogP contribution in [0.3, 0.4) is 0 Å². The maximum atomic E-state index is 14.3. The van der Waals surface area contributed by atoms with E-state index in [1.165, 1.54) is 20.0 Å². The zero-order valence-electron chi connectivity index (χ0n) is 23.0. The first-order valence-electron chi connectivity index (χ1n) is 13.5. The summed E-state index contributed by atoms with van der Waals surface area (Å²) in [5, 5.41) is 0.547. The molecule has 6 rings (SSSR count). The molecule has 0 aliphatic carbocycles. The Morgan fingerprint density at radius 1 is 0.953 bits per heavy atom. The summed E-state index contributed by atoms with van der Waals surface area (Å²) in [6, 6.07) is 21.1. The van der Waals surface area contributed by atoms with Gasteiger partial charge in [-0.3, -0.25) is 14.2 Å². The second-order valence-electron chi connectivity index (χ2n) is 10.6. The van der Waals surface area contributed by atoms with Crippen LogP contribution < -0.4 is 4.90 Å². The van der Waals surface area contributed by atoms with Gasteiger partial charge in [-0.25, -0.2) is 18.3 Å². The van der Waals surface area contributed by atoms with Crippen molar-refractivity contribution in [3.63, 3.8) is 0 Å². The number of anilines is 2. The number of carbonyl (C=O) groups excluding carboxylic acids is 2. The number of sulfonamides is 1. The number of hydrogen-bond acceptors (Lipinski definition) is 5. The van der Waals surface area contributed by atoms with E-state index in [2.05, 4.69) is 20.9 Å². The molecule has 2 aliphatic heterocycles. The summed E-state index contributed by atoms with van der Waals surface area (Å²) < 4.78 is 32.1. The highest BCUT2D eigenvalue weighted by atomic mass is 79.9. The fourth-order valence-electron chi connectivity index (χ4n) is 5.64. The number of aromatic nitrogens is 2. The van der Waals surface area contributed by atoms with E-state index in [1.807, 2.05) is 30.3 Å². The Bertz CT molecular complexity index is 1810. The van der Waals surface area contributed by atoms with E-state index < -0.39 is 15.6 Å². The number of rotatable bonds is 6. The van der Waals surface area contributed by atoms with Crippen molar-refractivity contribution < 1.29 is 18.0 Å². The standard InChI is InChI=1S/C30H26BrCl2N5O4S/c1-30(18-20-7-9-22(31)10-8-20)28(40)37(25-16-23(32)15-24(33)17-25)29-34-19-26(38(29)30)43(41,42)36-13-11-35(12-14-36)27(39)21-5-3-2-4-6-21/h2-10,15-17,19H,11-14,18H2,1H3/t30-/m1/s1. The van der Waals surface area contributed by atoms with Crippen molar-refractivity contribution in [3.8, 4) is 0 Å². The molecule has 3 aromatic carbocycles. The summed E-state index contributed by atoms with van der Waals surface area (Å²) in [5.41, 5.74) is 0.421. The third-order valence-corrected chi connectivity index (χ3v) is 10.6. The normalized spacial score (nSPS) is 19.1. The number of imidazole rings is 1. The molecule has 0 unspecified atom stereocenters. The van der Waals surface area contributed by atoms with Crippen LogP contribution in [0.5, 0.6) is 0 Å². The highest BCUT2D eigenvalue weighted by Crippen LogP contribution is 2.45. The fourth-order valence-corrected chi connectivity index (χ4v) is 8.03. The maximum absolute atomic E-state index is 14.3. The summed E-state index contributed by atoms with van der Waals surface area (Å²) in [6.07, 6.45) is 1.49. The predicted molar refractivity (Wildman–Crippen MR) is 168 cm³/mol. The van der Waals surface area contributed by atoms with Gasteiger partial charge in [0.2, 0.25) is 5.95 Å². The fraction of sp³-hybridized carbons (Fsp3) is 0.233. The van der Waals surface area contributed by atoms with Crippen LogP contribution >= 0.6 is 39.1 Å². The van der Waals surface area contributed by atoms with E-state index in [1.54, 1.807) is 54.3 Å². The van der Waals surface area contributed by atoms with Gasteiger partial charge in [0.05, 0.1) is 11.9 Å². The topological polar surface area (TPSA) is 95.8 Å². The summed E-state index contributed by atoms with van der Waals surface area (Å²) in [7, 11) is -4.12. The van der Waals surface area contributed by atoms with Gasteiger partial charge in [-0.05, 0) is 55.0 Å². The molecular formula is C30H26BrCl2N5O4S. The first-order chi connectivity index (χ1) is 20.5. The van der Waals surface area contributed by atoms with E-state index >= 15 is 0 Å². The number of piperazine rings is 1. The second-order valence-corrected chi connectivity index (χ2v) is 14.3. The van der Waals surface area contributed by atoms with Gasteiger partial charge in [-0.15, -0.1) is 0 Å². The minimum Gasteiger partial charge on any atom is -0.336 e. The van der Waals surface area contributed by atoms with Crippen LogP contribution in [-0.4, -0.2) is 65.2 Å². The van der Waals surface area contributed by atoms with E-state index in [-0.39, 0.29) is 55.4 Å². The molecule has 1 aromatic heterocycles. The average Bonchev–Trinajstić information content (AvgIpc) is 3.52. The molecule has 1 fully saturated rings. The smallest absolute Gasteiger partial charge is 0.260 e. The largest absolute Gasteiger partial charge is 0.336 e. The van der Waals surface area contributed by atoms with Crippen LogP contribution in [-0.2, 0) is 26.8 Å². The van der Waals surface area contributed by atoms with Crippen LogP contribution in [0.4, 0.5) is 11.6 Å². The molecule has 1 saturated heterocycles. The molecule has 9 nitrogen and oxygen atoms in total. The first-order valence-corrected chi connectivity index (χ1v) is 16.5. The lowest BCUT2D eigenvalue weighted by atomic mass is 9.92. The third kappa shape index (κ3) is 5.38. The van der Waals surface area contributed by atoms with Gasteiger partial charge < -0.3 is 4.90 Å². The first kappa shape index (κ1) is 29.8. The molecule has 2 amide bonds. The number of nitrogens with zero attached hydrogens (tertiary/aromatic N) is 5. The zero-order valence-corrected chi connectivity index (χ0v) is 26.9. The highest BCUT2D eigenvalue weighted by molar-refractivity contribution is 9.10. The summed E-state index contributed by atoms with van der Waals surface area (Å²) >= 11 is 16.0. The lowest BCUT2D eigenvalue weighted by Crippen LogP contribution is -2.51. The van der Waals surface area contributed by atoms with Crippen molar-refractivity contribution in [1.29, 1.82) is 0 Å². The highest BCUT2D eigenvalue weighted by Gasteiger charge is 2.52. The SMILES string of the molecule is C[C@@]1(Cc2ccc(Br)cc2)C(=O)N(c2cc(Cl)cc(Cl)c2)c2ncc(S(=O)(=O)N3CCN(C(=O)c4ccccc4)CC3)n21. The second kappa shape index (κ2) is 11.4. The van der Waals surface area contributed by atoms with Gasteiger partial charge in [-0.2, -0.15) is 4.31 Å². The third-order valence-electron chi connectivity index (χ3n) is 7.79. The summed E-state index contributed by atoms with van der Waals surface area (Å²) in [6.45, 7) is 2.38. The quantitative estimate of drug-likeness (QED) is 0.256. The molecule has 1 atom stereocenters. The van der Waals surface area contributed by atoms with Crippen LogP contribution in [0, 0.1) is 0 Å². The minimum atomic E-state index is -4.12. The summed E-state index contributed by atoms with van der Waals surface area (Å²) in [4.78, 5) is 34.7. The van der Waals surface area contributed by atoms with Crippen molar-refractivity contribution in [3.05, 3.63) is 105 Å². The Kier molecular flexibility index (Phi) is 7.89. The molecule has 0 saturated carbocycles. The van der Waals surface area contributed by atoms with Crippen molar-refractivity contribution in [2.24, 2.45) is 0 Å². The Morgan fingerprint density at radius 2 is 1.58 bits per heavy atom. The van der Waals surface area contributed by atoms with Crippen LogP contribution in [0.2, 0.25) is 10.0 Å². The van der Waals surface area contributed by atoms with Crippen LogP contribution in [0.25, 0.3) is 0 Å². The van der Waals surface area contributed by atoms with E-state index in [4.69, 9.17) is 23.2 Å². The Balaban J connectivity index is 1.37. The molecular weight excluding hydrogens is 677 g/mol. The molecule has 222 valence electrons. The van der Waals surface area contributed by atoms with Gasteiger partial charge in [-0.1, -0.05) is 69.5 Å². The average molecular weight is 703 g/mol. The molecule has 13 heteroatoms. The molecule has 2 aliphatic rings. The number of benzene rings is 3. The molecule has 0 N–H and O–H groups in total.